The Balaban J connectivity index is 1.37. The van der Waals surface area contributed by atoms with Crippen LogP contribution in [0.2, 0.25) is 0 Å². The van der Waals surface area contributed by atoms with Gasteiger partial charge in [0, 0.05) is 30.3 Å². The largest absolute Gasteiger partial charge is 0.445 e. The van der Waals surface area contributed by atoms with Gasteiger partial charge in [-0.25, -0.2) is 4.79 Å². The molecular formula is C28H25N3O3. The highest BCUT2D eigenvalue weighted by atomic mass is 16.6. The number of nitrogens with zero attached hydrogens (tertiary/aromatic N) is 2. The minimum atomic E-state index is -1.27. The number of carbonyl (C=O) groups is 2. The first-order chi connectivity index (χ1) is 16.5. The third kappa shape index (κ3) is 4.35. The molecule has 1 atom stereocenters. The second kappa shape index (κ2) is 8.98. The van der Waals surface area contributed by atoms with Crippen LogP contribution in [0.3, 0.4) is 0 Å². The van der Waals surface area contributed by atoms with E-state index in [4.69, 9.17) is 9.84 Å². The molecule has 2 heterocycles. The normalized spacial score (nSPS) is 17.0. The van der Waals surface area contributed by atoms with E-state index in [1.807, 2.05) is 71.5 Å². The van der Waals surface area contributed by atoms with Gasteiger partial charge in [-0.2, -0.15) is 5.10 Å². The predicted octanol–water partition coefficient (Wildman–Crippen LogP) is 4.39. The molecule has 1 N–H and O–H groups in total. The number of nitrogens with one attached hydrogen (secondary N) is 1. The Labute approximate surface area is 198 Å². The van der Waals surface area contributed by atoms with Crippen LogP contribution in [0.25, 0.3) is 11.3 Å². The summed E-state index contributed by atoms with van der Waals surface area (Å²) in [6, 6.07) is 27.2. The molecule has 0 radical (unpaired) electrons. The zero-order valence-electron chi connectivity index (χ0n) is 18.9. The zero-order valence-corrected chi connectivity index (χ0v) is 18.9. The van der Waals surface area contributed by atoms with Crippen LogP contribution in [-0.4, -0.2) is 27.3 Å². The third-order valence-electron chi connectivity index (χ3n) is 6.07. The van der Waals surface area contributed by atoms with Gasteiger partial charge < -0.3 is 10.1 Å². The molecule has 4 aromatic rings. The number of ether oxygens (including phenoxy) is 1. The van der Waals surface area contributed by atoms with Crippen LogP contribution in [0.15, 0.2) is 91.1 Å². The van der Waals surface area contributed by atoms with E-state index >= 15 is 0 Å². The standard InChI is InChI=1S/C28H25N3O3/c1-28(16-22-14-8-9-15-24(22)26(32)34-28)27(33)29-17-23-19-31(18-20-10-4-2-5-11-20)30-25(23)21-12-6-3-7-13-21/h2-15,19H,16-18H2,1H3,(H,29,33). The maximum Gasteiger partial charge on any atom is 0.339 e. The number of amides is 1. The van der Waals surface area contributed by atoms with Crippen molar-refractivity contribution >= 4 is 11.9 Å². The van der Waals surface area contributed by atoms with Gasteiger partial charge in [-0.3, -0.25) is 9.48 Å². The molecule has 0 saturated carbocycles. The van der Waals surface area contributed by atoms with Gasteiger partial charge in [0.2, 0.25) is 0 Å². The Morgan fingerprint density at radius 1 is 1.00 bits per heavy atom. The van der Waals surface area contributed by atoms with E-state index in [1.54, 1.807) is 19.1 Å². The second-order valence-electron chi connectivity index (χ2n) is 8.69. The summed E-state index contributed by atoms with van der Waals surface area (Å²) in [6.45, 7) is 2.56. The van der Waals surface area contributed by atoms with Crippen molar-refractivity contribution in [2.24, 2.45) is 0 Å². The second-order valence-corrected chi connectivity index (χ2v) is 8.69. The number of aromatic nitrogens is 2. The van der Waals surface area contributed by atoms with E-state index in [-0.39, 0.29) is 12.5 Å². The van der Waals surface area contributed by atoms with Crippen molar-refractivity contribution in [3.63, 3.8) is 0 Å². The number of carbonyl (C=O) groups excluding carboxylic acids is 2. The SMILES string of the molecule is CC1(C(=O)NCc2cn(Cc3ccccc3)nc2-c2ccccc2)Cc2ccccc2C(=O)O1. The van der Waals surface area contributed by atoms with Crippen LogP contribution in [0.4, 0.5) is 0 Å². The van der Waals surface area contributed by atoms with Crippen LogP contribution in [0.1, 0.15) is 34.0 Å². The van der Waals surface area contributed by atoms with Gasteiger partial charge in [-0.1, -0.05) is 78.9 Å². The minimum Gasteiger partial charge on any atom is -0.445 e. The smallest absolute Gasteiger partial charge is 0.339 e. The summed E-state index contributed by atoms with van der Waals surface area (Å²) in [5, 5.41) is 7.78. The van der Waals surface area contributed by atoms with Gasteiger partial charge in [-0.05, 0) is 24.1 Å². The van der Waals surface area contributed by atoms with E-state index < -0.39 is 11.6 Å². The highest BCUT2D eigenvalue weighted by Crippen LogP contribution is 2.29. The van der Waals surface area contributed by atoms with E-state index in [1.165, 1.54) is 0 Å². The molecule has 6 heteroatoms. The summed E-state index contributed by atoms with van der Waals surface area (Å²) >= 11 is 0. The molecule has 6 nitrogen and oxygen atoms in total. The Kier molecular flexibility index (Phi) is 5.72. The lowest BCUT2D eigenvalue weighted by atomic mass is 9.89. The molecular weight excluding hydrogens is 426 g/mol. The summed E-state index contributed by atoms with van der Waals surface area (Å²) in [7, 11) is 0. The molecule has 0 saturated heterocycles. The van der Waals surface area contributed by atoms with Crippen molar-refractivity contribution in [1.82, 2.24) is 15.1 Å². The highest BCUT2D eigenvalue weighted by Gasteiger charge is 2.42. The molecule has 1 amide bonds. The predicted molar refractivity (Wildman–Crippen MR) is 129 cm³/mol. The van der Waals surface area contributed by atoms with Crippen molar-refractivity contribution in [3.8, 4) is 11.3 Å². The lowest BCUT2D eigenvalue weighted by Gasteiger charge is -2.33. The fraction of sp³-hybridized carbons (Fsp3) is 0.179. The fourth-order valence-electron chi connectivity index (χ4n) is 4.30. The quantitative estimate of drug-likeness (QED) is 0.442. The van der Waals surface area contributed by atoms with Crippen molar-refractivity contribution in [1.29, 1.82) is 0 Å². The first-order valence-electron chi connectivity index (χ1n) is 11.3. The summed E-state index contributed by atoms with van der Waals surface area (Å²) in [4.78, 5) is 25.7. The number of esters is 1. The summed E-state index contributed by atoms with van der Waals surface area (Å²) in [6.07, 6.45) is 2.29. The molecule has 1 aliphatic heterocycles. The topological polar surface area (TPSA) is 73.2 Å². The maximum atomic E-state index is 13.2. The Hall–Kier alpha value is -4.19. The molecule has 170 valence electrons. The molecule has 0 aliphatic carbocycles. The van der Waals surface area contributed by atoms with Crippen LogP contribution < -0.4 is 5.32 Å². The molecule has 5 rings (SSSR count). The monoisotopic (exact) mass is 451 g/mol. The molecule has 0 fully saturated rings. The number of hydrogen-bond donors (Lipinski definition) is 1. The third-order valence-corrected chi connectivity index (χ3v) is 6.07. The van der Waals surface area contributed by atoms with Gasteiger partial charge >= 0.3 is 5.97 Å². The number of cyclic esters (lactones) is 1. The molecule has 1 aliphatic rings. The van der Waals surface area contributed by atoms with E-state index in [9.17, 15) is 9.59 Å². The molecule has 34 heavy (non-hydrogen) atoms. The Bertz CT molecular complexity index is 1330. The van der Waals surface area contributed by atoms with E-state index in [2.05, 4.69) is 17.4 Å². The van der Waals surface area contributed by atoms with Gasteiger partial charge in [0.25, 0.3) is 5.91 Å². The molecule has 3 aromatic carbocycles. The van der Waals surface area contributed by atoms with Gasteiger partial charge in [0.15, 0.2) is 5.60 Å². The average Bonchev–Trinajstić information content (AvgIpc) is 3.26. The molecule has 1 aromatic heterocycles. The average molecular weight is 452 g/mol. The molecule has 0 bridgehead atoms. The van der Waals surface area contributed by atoms with Crippen molar-refractivity contribution in [3.05, 3.63) is 113 Å². The van der Waals surface area contributed by atoms with Crippen LogP contribution in [-0.2, 0) is 29.0 Å². The summed E-state index contributed by atoms with van der Waals surface area (Å²) in [5.41, 5.74) is 3.88. The van der Waals surface area contributed by atoms with Gasteiger partial charge in [0.05, 0.1) is 17.8 Å². The first kappa shape index (κ1) is 21.6. The van der Waals surface area contributed by atoms with E-state index in [0.717, 1.165) is 27.9 Å². The van der Waals surface area contributed by atoms with Crippen LogP contribution in [0.5, 0.6) is 0 Å². The van der Waals surface area contributed by atoms with Gasteiger partial charge in [-0.15, -0.1) is 0 Å². The van der Waals surface area contributed by atoms with Crippen molar-refractivity contribution in [2.45, 2.75) is 32.0 Å². The summed E-state index contributed by atoms with van der Waals surface area (Å²) < 4.78 is 7.46. The summed E-state index contributed by atoms with van der Waals surface area (Å²) in [5.74, 6) is -0.801. The van der Waals surface area contributed by atoms with E-state index in [0.29, 0.717) is 18.5 Å². The minimum absolute atomic E-state index is 0.270. The van der Waals surface area contributed by atoms with Crippen LogP contribution >= 0.6 is 0 Å². The number of rotatable bonds is 6. The number of hydrogen-bond acceptors (Lipinski definition) is 4. The van der Waals surface area contributed by atoms with Crippen LogP contribution in [0, 0.1) is 0 Å². The van der Waals surface area contributed by atoms with Crippen molar-refractivity contribution in [2.75, 3.05) is 0 Å². The number of fused-ring (bicyclic) bond motifs is 1. The lowest BCUT2D eigenvalue weighted by molar-refractivity contribution is -0.139. The first-order valence-corrected chi connectivity index (χ1v) is 11.3. The Morgan fingerprint density at radius 2 is 1.68 bits per heavy atom. The van der Waals surface area contributed by atoms with Crippen molar-refractivity contribution < 1.29 is 14.3 Å². The van der Waals surface area contributed by atoms with Gasteiger partial charge in [0.1, 0.15) is 0 Å². The molecule has 0 spiro atoms. The highest BCUT2D eigenvalue weighted by molar-refractivity contribution is 5.97. The molecule has 1 unspecified atom stereocenters. The zero-order chi connectivity index (χ0) is 23.5. The fourth-order valence-corrected chi connectivity index (χ4v) is 4.30. The number of benzene rings is 3. The maximum absolute atomic E-state index is 13.2. The lowest BCUT2D eigenvalue weighted by Crippen LogP contribution is -2.51. The Morgan fingerprint density at radius 3 is 2.44 bits per heavy atom.